The Morgan fingerprint density at radius 3 is 2.15 bits per heavy atom. The predicted octanol–water partition coefficient (Wildman–Crippen LogP) is 0.605. The summed E-state index contributed by atoms with van der Waals surface area (Å²) in [7, 11) is 0. The van der Waals surface area contributed by atoms with E-state index in [0.717, 1.165) is 13.2 Å². The molecule has 0 saturated heterocycles. The third kappa shape index (κ3) is 8.90. The Morgan fingerprint density at radius 2 is 1.92 bits per heavy atom. The molecule has 1 aromatic rings. The maximum absolute atomic E-state index is 5.06. The number of hydrogen-bond acceptors (Lipinski definition) is 5. The fourth-order valence-electron chi connectivity index (χ4n) is 0.647. The average Bonchev–Trinajstić information content (AvgIpc) is 2.61. The van der Waals surface area contributed by atoms with Crippen molar-refractivity contribution in [1.82, 2.24) is 20.6 Å². The standard InChI is InChI=1S/C6H14O2.CH2N4/c1-4-7-6(3)8-5-2;1-2-4-5-3-1/h6H,4-5H2,1-3H3;1H,(H,2,3,4,5). The lowest BCUT2D eigenvalue weighted by atomic mass is 10.7. The van der Waals surface area contributed by atoms with Gasteiger partial charge < -0.3 is 9.47 Å². The van der Waals surface area contributed by atoms with E-state index in [1.54, 1.807) is 0 Å². The number of aromatic nitrogens is 4. The molecule has 0 aliphatic carbocycles. The molecule has 0 fully saturated rings. The molecule has 13 heavy (non-hydrogen) atoms. The van der Waals surface area contributed by atoms with E-state index < -0.39 is 0 Å². The topological polar surface area (TPSA) is 72.9 Å². The summed E-state index contributed by atoms with van der Waals surface area (Å²) in [6.07, 6.45) is 1.30. The van der Waals surface area contributed by atoms with E-state index in [4.69, 9.17) is 9.47 Å². The monoisotopic (exact) mass is 188 g/mol. The Balaban J connectivity index is 0.000000243. The van der Waals surface area contributed by atoms with Gasteiger partial charge in [-0.2, -0.15) is 5.21 Å². The van der Waals surface area contributed by atoms with E-state index in [-0.39, 0.29) is 6.29 Å². The van der Waals surface area contributed by atoms with Crippen LogP contribution in [0.3, 0.4) is 0 Å². The highest BCUT2D eigenvalue weighted by Crippen LogP contribution is 1.90. The average molecular weight is 188 g/mol. The number of aromatic amines is 1. The summed E-state index contributed by atoms with van der Waals surface area (Å²) in [6, 6.07) is 0. The number of rotatable bonds is 4. The SMILES string of the molecule is CCOC(C)OCC.c1nn[nH]n1. The molecule has 1 N–H and O–H groups in total. The van der Waals surface area contributed by atoms with Crippen LogP contribution >= 0.6 is 0 Å². The first-order valence-corrected chi connectivity index (χ1v) is 4.20. The number of nitrogens with zero attached hydrogens (tertiary/aromatic N) is 3. The largest absolute Gasteiger partial charge is 0.353 e. The minimum atomic E-state index is -0.0370. The van der Waals surface area contributed by atoms with Crippen molar-refractivity contribution in [2.45, 2.75) is 27.1 Å². The van der Waals surface area contributed by atoms with Crippen LogP contribution in [-0.2, 0) is 9.47 Å². The molecule has 0 radical (unpaired) electrons. The number of ether oxygens (including phenoxy) is 2. The number of tetrazole rings is 1. The second kappa shape index (κ2) is 9.08. The van der Waals surface area contributed by atoms with Gasteiger partial charge in [-0.1, -0.05) is 5.21 Å². The molecule has 1 aromatic heterocycles. The maximum Gasteiger partial charge on any atom is 0.161 e. The lowest BCUT2D eigenvalue weighted by Gasteiger charge is -2.09. The summed E-state index contributed by atoms with van der Waals surface area (Å²) in [6.45, 7) is 7.25. The van der Waals surface area contributed by atoms with Gasteiger partial charge in [0.05, 0.1) is 0 Å². The summed E-state index contributed by atoms with van der Waals surface area (Å²) in [5.74, 6) is 0. The zero-order chi connectivity index (χ0) is 9.94. The maximum atomic E-state index is 5.06. The lowest BCUT2D eigenvalue weighted by Crippen LogP contribution is -2.11. The van der Waals surface area contributed by atoms with Crippen LogP contribution in [0, 0.1) is 0 Å². The molecular weight excluding hydrogens is 172 g/mol. The minimum absolute atomic E-state index is 0.0370. The number of hydrogen-bond donors (Lipinski definition) is 1. The van der Waals surface area contributed by atoms with Crippen molar-refractivity contribution in [1.29, 1.82) is 0 Å². The molecule has 0 unspecified atom stereocenters. The second-order valence-electron chi connectivity index (χ2n) is 2.04. The van der Waals surface area contributed by atoms with E-state index in [2.05, 4.69) is 20.6 Å². The van der Waals surface area contributed by atoms with Crippen LogP contribution in [0.5, 0.6) is 0 Å². The van der Waals surface area contributed by atoms with Crippen molar-refractivity contribution in [2.24, 2.45) is 0 Å². The fraction of sp³-hybridized carbons (Fsp3) is 0.857. The molecule has 0 atom stereocenters. The third-order valence-corrected chi connectivity index (χ3v) is 1.07. The van der Waals surface area contributed by atoms with Gasteiger partial charge in [0.1, 0.15) is 0 Å². The number of H-pyrrole nitrogens is 1. The smallest absolute Gasteiger partial charge is 0.161 e. The first-order chi connectivity index (χ1) is 6.31. The Morgan fingerprint density at radius 1 is 1.31 bits per heavy atom. The predicted molar refractivity (Wildman–Crippen MR) is 46.9 cm³/mol. The van der Waals surface area contributed by atoms with Crippen LogP contribution in [0.4, 0.5) is 0 Å². The van der Waals surface area contributed by atoms with E-state index in [9.17, 15) is 0 Å². The van der Waals surface area contributed by atoms with Crippen LogP contribution in [0.15, 0.2) is 6.33 Å². The quantitative estimate of drug-likeness (QED) is 0.700. The van der Waals surface area contributed by atoms with Crippen molar-refractivity contribution in [2.75, 3.05) is 13.2 Å². The van der Waals surface area contributed by atoms with Gasteiger partial charge in [-0.15, -0.1) is 10.2 Å². The van der Waals surface area contributed by atoms with Gasteiger partial charge in [-0.05, 0) is 20.8 Å². The van der Waals surface area contributed by atoms with E-state index in [1.165, 1.54) is 6.33 Å². The molecule has 0 amide bonds. The van der Waals surface area contributed by atoms with Crippen LogP contribution in [0.1, 0.15) is 20.8 Å². The molecule has 76 valence electrons. The summed E-state index contributed by atoms with van der Waals surface area (Å²) in [5.41, 5.74) is 0. The molecule has 0 aromatic carbocycles. The first kappa shape index (κ1) is 12.0. The van der Waals surface area contributed by atoms with Crippen LogP contribution < -0.4 is 0 Å². The highest BCUT2D eigenvalue weighted by Gasteiger charge is 1.94. The van der Waals surface area contributed by atoms with Crippen molar-refractivity contribution in [3.8, 4) is 0 Å². The van der Waals surface area contributed by atoms with Crippen molar-refractivity contribution < 1.29 is 9.47 Å². The molecule has 1 heterocycles. The van der Waals surface area contributed by atoms with Gasteiger partial charge in [-0.25, -0.2) is 0 Å². The van der Waals surface area contributed by atoms with Gasteiger partial charge in [-0.3, -0.25) is 0 Å². The molecule has 0 aliphatic heterocycles. The van der Waals surface area contributed by atoms with Gasteiger partial charge >= 0.3 is 0 Å². The second-order valence-corrected chi connectivity index (χ2v) is 2.04. The van der Waals surface area contributed by atoms with Gasteiger partial charge in [0.2, 0.25) is 0 Å². The zero-order valence-corrected chi connectivity index (χ0v) is 8.23. The van der Waals surface area contributed by atoms with Gasteiger partial charge in [0, 0.05) is 13.2 Å². The Kier molecular flexibility index (Phi) is 8.38. The van der Waals surface area contributed by atoms with Crippen molar-refractivity contribution in [3.05, 3.63) is 6.33 Å². The van der Waals surface area contributed by atoms with Gasteiger partial charge in [0.25, 0.3) is 0 Å². The normalized spacial score (nSPS) is 9.54. The summed E-state index contributed by atoms with van der Waals surface area (Å²) < 4.78 is 10.1. The van der Waals surface area contributed by atoms with Crippen LogP contribution in [0.25, 0.3) is 0 Å². The molecule has 6 heteroatoms. The molecule has 0 aliphatic rings. The zero-order valence-electron chi connectivity index (χ0n) is 8.23. The molecule has 0 spiro atoms. The van der Waals surface area contributed by atoms with E-state index in [1.807, 2.05) is 20.8 Å². The van der Waals surface area contributed by atoms with E-state index in [0.29, 0.717) is 0 Å². The Bertz CT molecular complexity index is 146. The van der Waals surface area contributed by atoms with Crippen LogP contribution in [-0.4, -0.2) is 40.1 Å². The van der Waals surface area contributed by atoms with Crippen molar-refractivity contribution in [3.63, 3.8) is 0 Å². The van der Waals surface area contributed by atoms with Crippen LogP contribution in [0.2, 0.25) is 0 Å². The number of nitrogens with one attached hydrogen (secondary N) is 1. The van der Waals surface area contributed by atoms with E-state index >= 15 is 0 Å². The molecule has 6 nitrogen and oxygen atoms in total. The first-order valence-electron chi connectivity index (χ1n) is 4.20. The molecule has 1 rings (SSSR count). The lowest BCUT2D eigenvalue weighted by molar-refractivity contribution is -0.123. The Hall–Kier alpha value is -1.01. The molecule has 0 saturated carbocycles. The summed E-state index contributed by atoms with van der Waals surface area (Å²) in [5, 5.41) is 12.2. The highest BCUT2D eigenvalue weighted by atomic mass is 16.7. The fourth-order valence-corrected chi connectivity index (χ4v) is 0.647. The summed E-state index contributed by atoms with van der Waals surface area (Å²) >= 11 is 0. The molecule has 0 bridgehead atoms. The minimum Gasteiger partial charge on any atom is -0.353 e. The third-order valence-electron chi connectivity index (χ3n) is 1.07. The van der Waals surface area contributed by atoms with Gasteiger partial charge in [0.15, 0.2) is 12.6 Å². The Labute approximate surface area is 77.6 Å². The highest BCUT2D eigenvalue weighted by molar-refractivity contribution is 4.26. The molecular formula is C7H16N4O2. The summed E-state index contributed by atoms with van der Waals surface area (Å²) in [4.78, 5) is 0. The van der Waals surface area contributed by atoms with Crippen molar-refractivity contribution >= 4 is 0 Å².